The third-order valence-corrected chi connectivity index (χ3v) is 2.98. The topological polar surface area (TPSA) is 0 Å². The molecule has 0 aliphatic rings. The van der Waals surface area contributed by atoms with Gasteiger partial charge in [0.2, 0.25) is 0 Å². The summed E-state index contributed by atoms with van der Waals surface area (Å²) in [6.45, 7) is 4.43. The van der Waals surface area contributed by atoms with Crippen LogP contribution in [0.15, 0.2) is 60.6 Å². The Hall–Kier alpha value is -1.76. The molecule has 0 saturated carbocycles. The average Bonchev–Trinajstić information content (AvgIpc) is 2.40. The van der Waals surface area contributed by atoms with Crippen molar-refractivity contribution in [2.45, 2.75) is 19.8 Å². The molecule has 0 spiro atoms. The van der Waals surface area contributed by atoms with E-state index in [0.29, 0.717) is 5.92 Å². The van der Waals surface area contributed by atoms with E-state index in [1.807, 2.05) is 6.07 Å². The fourth-order valence-corrected chi connectivity index (χ4v) is 1.83. The highest BCUT2D eigenvalue weighted by atomic mass is 14.0. The Morgan fingerprint density at radius 1 is 0.889 bits per heavy atom. The lowest BCUT2D eigenvalue weighted by Crippen LogP contribution is -2.11. The minimum atomic E-state index is 0.596. The smallest absolute Gasteiger partial charge is 0.116 e. The number of hydrogen-bond donors (Lipinski definition) is 0. The summed E-state index contributed by atoms with van der Waals surface area (Å²) in [5.74, 6) is 2.69. The maximum atomic E-state index is 2.22. The van der Waals surface area contributed by atoms with Crippen LogP contribution < -0.4 is 5.46 Å². The second kappa shape index (κ2) is 6.25. The third-order valence-electron chi connectivity index (χ3n) is 2.98. The van der Waals surface area contributed by atoms with Crippen LogP contribution in [0, 0.1) is 0 Å². The fraction of sp³-hybridized carbons (Fsp3) is 0.176. The van der Waals surface area contributed by atoms with Gasteiger partial charge in [-0.05, 0) is 17.0 Å². The van der Waals surface area contributed by atoms with E-state index >= 15 is 0 Å². The van der Waals surface area contributed by atoms with Crippen LogP contribution in [0.5, 0.6) is 0 Å². The van der Waals surface area contributed by atoms with E-state index in [2.05, 4.69) is 81.7 Å². The van der Waals surface area contributed by atoms with Crippen molar-refractivity contribution >= 4 is 18.8 Å². The molecule has 0 aromatic heterocycles. The summed E-state index contributed by atoms with van der Waals surface area (Å²) >= 11 is 0. The molecule has 0 saturated heterocycles. The molecule has 0 aliphatic heterocycles. The average molecular weight is 233 g/mol. The van der Waals surface area contributed by atoms with E-state index in [4.69, 9.17) is 0 Å². The SMILES string of the molecule is CC(C)c1ccc([B]C=Cc2ccccc2)cc1. The van der Waals surface area contributed by atoms with E-state index in [-0.39, 0.29) is 0 Å². The Morgan fingerprint density at radius 2 is 1.56 bits per heavy atom. The van der Waals surface area contributed by atoms with Crippen molar-refractivity contribution in [3.8, 4) is 0 Å². The van der Waals surface area contributed by atoms with E-state index in [1.165, 1.54) is 16.6 Å². The molecule has 1 radical (unpaired) electrons. The minimum Gasteiger partial charge on any atom is -0.116 e. The molecule has 2 rings (SSSR count). The molecule has 0 unspecified atom stereocenters. The fourth-order valence-electron chi connectivity index (χ4n) is 1.83. The molecule has 89 valence electrons. The van der Waals surface area contributed by atoms with Gasteiger partial charge in [-0.3, -0.25) is 0 Å². The molecule has 2 aromatic carbocycles. The highest BCUT2D eigenvalue weighted by Gasteiger charge is 1.98. The van der Waals surface area contributed by atoms with Gasteiger partial charge in [-0.15, -0.1) is 5.98 Å². The van der Waals surface area contributed by atoms with E-state index in [0.717, 1.165) is 0 Å². The summed E-state index contributed by atoms with van der Waals surface area (Å²) in [6.07, 6.45) is 2.12. The lowest BCUT2D eigenvalue weighted by Gasteiger charge is -2.05. The number of benzene rings is 2. The molecule has 0 nitrogen and oxygen atoms in total. The minimum absolute atomic E-state index is 0.596. The van der Waals surface area contributed by atoms with Crippen molar-refractivity contribution in [3.63, 3.8) is 0 Å². The van der Waals surface area contributed by atoms with Crippen LogP contribution in [0.1, 0.15) is 30.9 Å². The van der Waals surface area contributed by atoms with Gasteiger partial charge in [-0.2, -0.15) is 0 Å². The quantitative estimate of drug-likeness (QED) is 0.704. The zero-order valence-electron chi connectivity index (χ0n) is 11.0. The zero-order chi connectivity index (χ0) is 12.8. The van der Waals surface area contributed by atoms with Crippen LogP contribution in [0.2, 0.25) is 0 Å². The Kier molecular flexibility index (Phi) is 4.41. The van der Waals surface area contributed by atoms with E-state index < -0.39 is 0 Å². The molecule has 2 aromatic rings. The molecule has 0 fully saturated rings. The van der Waals surface area contributed by atoms with Crippen LogP contribution in [-0.4, -0.2) is 7.28 Å². The molecule has 0 heterocycles. The third kappa shape index (κ3) is 3.63. The number of hydrogen-bond acceptors (Lipinski definition) is 0. The summed E-state index contributed by atoms with van der Waals surface area (Å²) in [7, 11) is 2.14. The first kappa shape index (κ1) is 12.7. The van der Waals surface area contributed by atoms with Crippen molar-refractivity contribution in [1.82, 2.24) is 0 Å². The number of rotatable bonds is 4. The first-order valence-electron chi connectivity index (χ1n) is 6.42. The highest BCUT2D eigenvalue weighted by Crippen LogP contribution is 2.11. The molecule has 0 atom stereocenters. The Morgan fingerprint density at radius 3 is 2.17 bits per heavy atom. The molecule has 1 heteroatoms. The second-order valence-corrected chi connectivity index (χ2v) is 4.76. The van der Waals surface area contributed by atoms with Gasteiger partial charge >= 0.3 is 0 Å². The van der Waals surface area contributed by atoms with Gasteiger partial charge in [0.1, 0.15) is 0 Å². The summed E-state index contributed by atoms with van der Waals surface area (Å²) in [5, 5.41) is 0. The Bertz CT molecular complexity index is 495. The van der Waals surface area contributed by atoms with Gasteiger partial charge in [-0.1, -0.05) is 80.0 Å². The van der Waals surface area contributed by atoms with Crippen molar-refractivity contribution in [2.75, 3.05) is 0 Å². The van der Waals surface area contributed by atoms with Gasteiger partial charge < -0.3 is 0 Å². The molecule has 0 bridgehead atoms. The molecule has 0 amide bonds. The molecule has 0 aliphatic carbocycles. The van der Waals surface area contributed by atoms with E-state index in [9.17, 15) is 0 Å². The summed E-state index contributed by atoms with van der Waals surface area (Å²) in [5.41, 5.74) is 3.86. The lowest BCUT2D eigenvalue weighted by atomic mass is 9.70. The first-order valence-corrected chi connectivity index (χ1v) is 6.42. The van der Waals surface area contributed by atoms with Crippen LogP contribution in [0.4, 0.5) is 0 Å². The maximum absolute atomic E-state index is 2.22. The monoisotopic (exact) mass is 233 g/mol. The van der Waals surface area contributed by atoms with Crippen molar-refractivity contribution in [1.29, 1.82) is 0 Å². The van der Waals surface area contributed by atoms with Gasteiger partial charge in [0.05, 0.1) is 0 Å². The van der Waals surface area contributed by atoms with Crippen LogP contribution in [-0.2, 0) is 0 Å². The second-order valence-electron chi connectivity index (χ2n) is 4.76. The summed E-state index contributed by atoms with van der Waals surface area (Å²) < 4.78 is 0. The van der Waals surface area contributed by atoms with Crippen molar-refractivity contribution < 1.29 is 0 Å². The zero-order valence-corrected chi connectivity index (χ0v) is 11.0. The molecular weight excluding hydrogens is 215 g/mol. The van der Waals surface area contributed by atoms with Crippen LogP contribution in [0.25, 0.3) is 6.08 Å². The van der Waals surface area contributed by atoms with Crippen molar-refractivity contribution in [3.05, 3.63) is 71.7 Å². The summed E-state index contributed by atoms with van der Waals surface area (Å²) in [4.78, 5) is 0. The Labute approximate surface area is 111 Å². The maximum Gasteiger partial charge on any atom is 0.181 e. The van der Waals surface area contributed by atoms with Gasteiger partial charge in [-0.25, -0.2) is 0 Å². The van der Waals surface area contributed by atoms with Gasteiger partial charge in [0.25, 0.3) is 0 Å². The van der Waals surface area contributed by atoms with Crippen LogP contribution in [0.3, 0.4) is 0 Å². The van der Waals surface area contributed by atoms with E-state index in [1.54, 1.807) is 0 Å². The van der Waals surface area contributed by atoms with Crippen molar-refractivity contribution in [2.24, 2.45) is 0 Å². The lowest BCUT2D eigenvalue weighted by molar-refractivity contribution is 0.867. The molecule has 0 N–H and O–H groups in total. The van der Waals surface area contributed by atoms with Gasteiger partial charge in [0, 0.05) is 0 Å². The predicted octanol–water partition coefficient (Wildman–Crippen LogP) is 3.81. The molecule has 18 heavy (non-hydrogen) atoms. The highest BCUT2D eigenvalue weighted by molar-refractivity contribution is 6.59. The first-order chi connectivity index (χ1) is 8.75. The largest absolute Gasteiger partial charge is 0.181 e. The standard InChI is InChI=1S/C17H18B/c1-14(2)16-8-10-17(11-9-16)18-13-12-15-6-4-3-5-7-15/h3-14H,1-2H3. The van der Waals surface area contributed by atoms with Gasteiger partial charge in [0.15, 0.2) is 7.28 Å². The Balaban J connectivity index is 1.96. The molecular formula is C17H18B. The normalized spacial score (nSPS) is 11.1. The summed E-state index contributed by atoms with van der Waals surface area (Å²) in [6, 6.07) is 19.1. The van der Waals surface area contributed by atoms with Crippen LogP contribution >= 0.6 is 0 Å². The predicted molar refractivity (Wildman–Crippen MR) is 81.4 cm³/mol.